The first-order chi connectivity index (χ1) is 18.3. The van der Waals surface area contributed by atoms with Gasteiger partial charge in [0.2, 0.25) is 21.8 Å². The molecule has 0 aliphatic heterocycles. The lowest BCUT2D eigenvalue weighted by atomic mass is 10.1. The normalized spacial score (nSPS) is 14.6. The Balaban J connectivity index is 2.00. The minimum absolute atomic E-state index is 0.0120. The predicted octanol–water partition coefficient (Wildman–Crippen LogP) is 4.84. The molecule has 13 heteroatoms. The van der Waals surface area contributed by atoms with Gasteiger partial charge < -0.3 is 10.2 Å². The number of anilines is 1. The number of nitro groups is 1. The monoisotopic (exact) mass is 598 g/mol. The first-order valence-electron chi connectivity index (χ1n) is 12.6. The topological polar surface area (TPSA) is 130 Å². The minimum Gasteiger partial charge on any atom is -0.352 e. The summed E-state index contributed by atoms with van der Waals surface area (Å²) in [4.78, 5) is 39.3. The standard InChI is InChI=1S/C26H32Cl2N4O6S/c1-4-23(26(34)29-19-7-5-6-8-19)30(15-18-10-12-21(27)22(28)13-18)25(33)16-31(39(3,37)38)24-14-20(32(35)36)11-9-17(24)2/h9-14,19,23H,4-8,15-16H2,1-3H3,(H,29,34). The Hall–Kier alpha value is -2.89. The maximum atomic E-state index is 13.8. The molecule has 10 nitrogen and oxygen atoms in total. The first-order valence-corrected chi connectivity index (χ1v) is 15.2. The number of nitro benzene ring substituents is 1. The van der Waals surface area contributed by atoms with Gasteiger partial charge in [0.1, 0.15) is 12.6 Å². The fourth-order valence-corrected chi connectivity index (χ4v) is 5.92. The van der Waals surface area contributed by atoms with E-state index in [0.29, 0.717) is 16.1 Å². The van der Waals surface area contributed by atoms with Gasteiger partial charge in [-0.05, 0) is 49.4 Å². The van der Waals surface area contributed by atoms with E-state index in [-0.39, 0.29) is 41.3 Å². The summed E-state index contributed by atoms with van der Waals surface area (Å²) in [6, 6.07) is 7.79. The van der Waals surface area contributed by atoms with Crippen LogP contribution in [0.25, 0.3) is 0 Å². The van der Waals surface area contributed by atoms with Crippen LogP contribution in [0.1, 0.15) is 50.2 Å². The van der Waals surface area contributed by atoms with E-state index in [1.165, 1.54) is 17.0 Å². The molecule has 0 saturated heterocycles. The number of rotatable bonds is 11. The lowest BCUT2D eigenvalue weighted by molar-refractivity contribution is -0.384. The molecular weight excluding hydrogens is 567 g/mol. The van der Waals surface area contributed by atoms with Crippen LogP contribution in [0.15, 0.2) is 36.4 Å². The molecule has 1 unspecified atom stereocenters. The summed E-state index contributed by atoms with van der Waals surface area (Å²) < 4.78 is 26.5. The largest absolute Gasteiger partial charge is 0.352 e. The van der Waals surface area contributed by atoms with Crippen LogP contribution in [0.5, 0.6) is 0 Å². The number of hydrogen-bond acceptors (Lipinski definition) is 6. The smallest absolute Gasteiger partial charge is 0.271 e. The average Bonchev–Trinajstić information content (AvgIpc) is 3.37. The number of amides is 2. The molecule has 0 spiro atoms. The molecule has 1 N–H and O–H groups in total. The van der Waals surface area contributed by atoms with Crippen LogP contribution in [0.2, 0.25) is 10.0 Å². The summed E-state index contributed by atoms with van der Waals surface area (Å²) in [7, 11) is -4.04. The Morgan fingerprint density at radius 1 is 1.13 bits per heavy atom. The molecule has 2 amide bonds. The van der Waals surface area contributed by atoms with Gasteiger partial charge in [-0.2, -0.15) is 0 Å². The van der Waals surface area contributed by atoms with E-state index < -0.39 is 33.4 Å². The highest BCUT2D eigenvalue weighted by Crippen LogP contribution is 2.29. The number of sulfonamides is 1. The zero-order chi connectivity index (χ0) is 28.9. The highest BCUT2D eigenvalue weighted by molar-refractivity contribution is 7.92. The molecule has 2 aromatic carbocycles. The van der Waals surface area contributed by atoms with Crippen LogP contribution in [0, 0.1) is 17.0 Å². The number of carbonyl (C=O) groups excluding carboxylic acids is 2. The van der Waals surface area contributed by atoms with Crippen LogP contribution < -0.4 is 9.62 Å². The van der Waals surface area contributed by atoms with E-state index in [1.54, 1.807) is 32.0 Å². The molecule has 3 rings (SSSR count). The number of hydrogen-bond donors (Lipinski definition) is 1. The van der Waals surface area contributed by atoms with Crippen LogP contribution >= 0.6 is 23.2 Å². The van der Waals surface area contributed by atoms with Gasteiger partial charge in [0.25, 0.3) is 5.69 Å². The van der Waals surface area contributed by atoms with Gasteiger partial charge in [-0.3, -0.25) is 24.0 Å². The first kappa shape index (κ1) is 30.6. The van der Waals surface area contributed by atoms with Gasteiger partial charge in [0.05, 0.1) is 26.9 Å². The number of benzene rings is 2. The van der Waals surface area contributed by atoms with Crippen molar-refractivity contribution in [3.63, 3.8) is 0 Å². The van der Waals surface area contributed by atoms with Crippen molar-refractivity contribution in [1.82, 2.24) is 10.2 Å². The molecule has 1 atom stereocenters. The second-order valence-corrected chi connectivity index (χ2v) is 12.4. The third-order valence-corrected chi connectivity index (χ3v) is 8.64. The van der Waals surface area contributed by atoms with Gasteiger partial charge in [0, 0.05) is 24.7 Å². The van der Waals surface area contributed by atoms with Crippen molar-refractivity contribution in [2.45, 2.75) is 64.6 Å². The van der Waals surface area contributed by atoms with Gasteiger partial charge in [0.15, 0.2) is 0 Å². The van der Waals surface area contributed by atoms with Crippen LogP contribution in [-0.4, -0.2) is 54.9 Å². The quantitative estimate of drug-likeness (QED) is 0.291. The van der Waals surface area contributed by atoms with Crippen molar-refractivity contribution in [1.29, 1.82) is 0 Å². The zero-order valence-electron chi connectivity index (χ0n) is 22.0. The Morgan fingerprint density at radius 2 is 1.79 bits per heavy atom. The number of nitrogens with zero attached hydrogens (tertiary/aromatic N) is 3. The maximum absolute atomic E-state index is 13.8. The molecule has 1 aliphatic carbocycles. The van der Waals surface area contributed by atoms with Crippen molar-refractivity contribution in [3.05, 3.63) is 67.7 Å². The molecule has 0 bridgehead atoms. The van der Waals surface area contributed by atoms with E-state index in [4.69, 9.17) is 23.2 Å². The van der Waals surface area contributed by atoms with Crippen molar-refractivity contribution < 1.29 is 22.9 Å². The molecule has 1 fully saturated rings. The highest BCUT2D eigenvalue weighted by Gasteiger charge is 2.33. The number of halogens is 2. The SMILES string of the molecule is CCC(C(=O)NC1CCCC1)N(Cc1ccc(Cl)c(Cl)c1)C(=O)CN(c1cc([N+](=O)[O-])ccc1C)S(C)(=O)=O. The summed E-state index contributed by atoms with van der Waals surface area (Å²) in [5.74, 6) is -0.971. The van der Waals surface area contributed by atoms with Crippen molar-refractivity contribution >= 4 is 56.4 Å². The molecule has 0 heterocycles. The summed E-state index contributed by atoms with van der Waals surface area (Å²) in [6.45, 7) is 2.68. The average molecular weight is 600 g/mol. The molecule has 0 aromatic heterocycles. The second-order valence-electron chi connectivity index (χ2n) is 9.68. The van der Waals surface area contributed by atoms with E-state index >= 15 is 0 Å². The molecule has 212 valence electrons. The summed E-state index contributed by atoms with van der Waals surface area (Å²) >= 11 is 12.2. The van der Waals surface area contributed by atoms with Crippen LogP contribution in [-0.2, 0) is 26.2 Å². The lowest BCUT2D eigenvalue weighted by Crippen LogP contribution is -2.53. The fraction of sp³-hybridized carbons (Fsp3) is 0.462. The van der Waals surface area contributed by atoms with E-state index in [1.807, 2.05) is 0 Å². The Labute approximate surface area is 238 Å². The summed E-state index contributed by atoms with van der Waals surface area (Å²) in [5.41, 5.74) is 0.730. The maximum Gasteiger partial charge on any atom is 0.271 e. The molecule has 39 heavy (non-hydrogen) atoms. The molecule has 1 saturated carbocycles. The Morgan fingerprint density at radius 3 is 2.36 bits per heavy atom. The summed E-state index contributed by atoms with van der Waals surface area (Å²) in [5, 5.41) is 15.0. The van der Waals surface area contributed by atoms with Crippen molar-refractivity contribution in [3.8, 4) is 0 Å². The lowest BCUT2D eigenvalue weighted by Gasteiger charge is -2.33. The Bertz CT molecular complexity index is 1350. The van der Waals surface area contributed by atoms with Crippen molar-refractivity contribution in [2.24, 2.45) is 0 Å². The highest BCUT2D eigenvalue weighted by atomic mass is 35.5. The van der Waals surface area contributed by atoms with Crippen molar-refractivity contribution in [2.75, 3.05) is 17.1 Å². The number of carbonyl (C=O) groups is 2. The molecule has 0 radical (unpaired) electrons. The van der Waals surface area contributed by atoms with Gasteiger partial charge in [-0.15, -0.1) is 0 Å². The third-order valence-electron chi connectivity index (χ3n) is 6.78. The number of aryl methyl sites for hydroxylation is 1. The predicted molar refractivity (Wildman–Crippen MR) is 152 cm³/mol. The number of non-ortho nitro benzene ring substituents is 1. The molecule has 2 aromatic rings. The van der Waals surface area contributed by atoms with Crippen LogP contribution in [0.4, 0.5) is 11.4 Å². The van der Waals surface area contributed by atoms with Gasteiger partial charge in [-0.25, -0.2) is 8.42 Å². The van der Waals surface area contributed by atoms with Gasteiger partial charge >= 0.3 is 0 Å². The molecular formula is C26H32Cl2N4O6S. The fourth-order valence-electron chi connectivity index (χ4n) is 4.70. The minimum atomic E-state index is -4.04. The van der Waals surface area contributed by atoms with Crippen LogP contribution in [0.3, 0.4) is 0 Å². The Kier molecular flexibility index (Phi) is 10.2. The van der Waals surface area contributed by atoms with E-state index in [9.17, 15) is 28.1 Å². The van der Waals surface area contributed by atoms with E-state index in [2.05, 4.69) is 5.32 Å². The summed E-state index contributed by atoms with van der Waals surface area (Å²) in [6.07, 6.45) is 4.94. The molecule has 1 aliphatic rings. The third kappa shape index (κ3) is 7.83. The van der Waals surface area contributed by atoms with E-state index in [0.717, 1.165) is 42.3 Å². The van der Waals surface area contributed by atoms with Gasteiger partial charge in [-0.1, -0.05) is 55.1 Å². The second kappa shape index (κ2) is 13.0. The number of nitrogens with one attached hydrogen (secondary N) is 1. The zero-order valence-corrected chi connectivity index (χ0v) is 24.4.